The minimum atomic E-state index is -0.923. The Balaban J connectivity index is 1.86. The molecule has 1 aromatic heterocycles. The Morgan fingerprint density at radius 3 is 2.95 bits per heavy atom. The predicted molar refractivity (Wildman–Crippen MR) is 72.4 cm³/mol. The van der Waals surface area contributed by atoms with Crippen molar-refractivity contribution >= 4 is 12.0 Å². The van der Waals surface area contributed by atoms with E-state index in [4.69, 9.17) is 4.42 Å². The minimum Gasteiger partial charge on any atom is -0.480 e. The van der Waals surface area contributed by atoms with Crippen LogP contribution in [0.1, 0.15) is 31.4 Å². The van der Waals surface area contributed by atoms with E-state index in [1.54, 1.807) is 12.3 Å². The summed E-state index contributed by atoms with van der Waals surface area (Å²) >= 11 is 0. The fourth-order valence-corrected chi connectivity index (χ4v) is 2.46. The van der Waals surface area contributed by atoms with E-state index in [0.29, 0.717) is 25.9 Å². The molecule has 1 unspecified atom stereocenters. The molecular formula is C14H20N2O4. The SMILES string of the molecule is O=C(O)C1CCCCCN1C(=O)NCCc1ccco1. The zero-order chi connectivity index (χ0) is 14.4. The second-order valence-electron chi connectivity index (χ2n) is 4.96. The van der Waals surface area contributed by atoms with Gasteiger partial charge in [-0.2, -0.15) is 0 Å². The van der Waals surface area contributed by atoms with Gasteiger partial charge in [0.05, 0.1) is 6.26 Å². The van der Waals surface area contributed by atoms with Gasteiger partial charge in [0, 0.05) is 19.5 Å². The fraction of sp³-hybridized carbons (Fsp3) is 0.571. The molecular weight excluding hydrogens is 260 g/mol. The van der Waals surface area contributed by atoms with Crippen molar-refractivity contribution in [2.45, 2.75) is 38.1 Å². The van der Waals surface area contributed by atoms with Crippen molar-refractivity contribution in [1.82, 2.24) is 10.2 Å². The molecule has 2 heterocycles. The topological polar surface area (TPSA) is 82.8 Å². The van der Waals surface area contributed by atoms with Crippen molar-refractivity contribution in [3.63, 3.8) is 0 Å². The van der Waals surface area contributed by atoms with Gasteiger partial charge in [0.1, 0.15) is 11.8 Å². The van der Waals surface area contributed by atoms with Crippen molar-refractivity contribution < 1.29 is 19.1 Å². The first kappa shape index (κ1) is 14.4. The van der Waals surface area contributed by atoms with E-state index in [1.165, 1.54) is 4.90 Å². The first-order chi connectivity index (χ1) is 9.68. The lowest BCUT2D eigenvalue weighted by Crippen LogP contribution is -2.49. The average molecular weight is 280 g/mol. The van der Waals surface area contributed by atoms with E-state index in [-0.39, 0.29) is 6.03 Å². The van der Waals surface area contributed by atoms with Crippen LogP contribution in [-0.2, 0) is 11.2 Å². The summed E-state index contributed by atoms with van der Waals surface area (Å²) in [5.41, 5.74) is 0. The highest BCUT2D eigenvalue weighted by Gasteiger charge is 2.30. The number of hydrogen-bond acceptors (Lipinski definition) is 3. The van der Waals surface area contributed by atoms with Crippen LogP contribution in [-0.4, -0.2) is 41.1 Å². The number of carboxylic acid groups (broad SMARTS) is 1. The average Bonchev–Trinajstić information content (AvgIpc) is 2.80. The van der Waals surface area contributed by atoms with E-state index in [0.717, 1.165) is 25.0 Å². The fourth-order valence-electron chi connectivity index (χ4n) is 2.46. The number of carbonyl (C=O) groups is 2. The van der Waals surface area contributed by atoms with Gasteiger partial charge in [-0.1, -0.05) is 12.8 Å². The smallest absolute Gasteiger partial charge is 0.326 e. The van der Waals surface area contributed by atoms with Gasteiger partial charge in [-0.3, -0.25) is 0 Å². The molecule has 2 N–H and O–H groups in total. The van der Waals surface area contributed by atoms with Crippen LogP contribution in [0.15, 0.2) is 22.8 Å². The monoisotopic (exact) mass is 280 g/mol. The summed E-state index contributed by atoms with van der Waals surface area (Å²) in [6.07, 6.45) is 5.40. The van der Waals surface area contributed by atoms with E-state index in [1.807, 2.05) is 6.07 Å². The molecule has 1 aromatic rings. The number of aliphatic carboxylic acids is 1. The second kappa shape index (κ2) is 6.98. The zero-order valence-electron chi connectivity index (χ0n) is 11.4. The molecule has 0 aromatic carbocycles. The zero-order valence-corrected chi connectivity index (χ0v) is 11.4. The van der Waals surface area contributed by atoms with Crippen LogP contribution in [0.5, 0.6) is 0 Å². The number of hydrogen-bond donors (Lipinski definition) is 2. The van der Waals surface area contributed by atoms with Crippen LogP contribution in [0.4, 0.5) is 4.79 Å². The lowest BCUT2D eigenvalue weighted by molar-refractivity contribution is -0.142. The summed E-state index contributed by atoms with van der Waals surface area (Å²) in [5.74, 6) is -0.121. The minimum absolute atomic E-state index is 0.300. The van der Waals surface area contributed by atoms with Gasteiger partial charge in [0.15, 0.2) is 0 Å². The lowest BCUT2D eigenvalue weighted by Gasteiger charge is -2.27. The van der Waals surface area contributed by atoms with Gasteiger partial charge in [-0.25, -0.2) is 9.59 Å². The summed E-state index contributed by atoms with van der Waals surface area (Å²) in [6, 6.07) is 2.64. The molecule has 1 aliphatic heterocycles. The van der Waals surface area contributed by atoms with E-state index in [9.17, 15) is 14.7 Å². The van der Waals surface area contributed by atoms with Crippen LogP contribution in [0.3, 0.4) is 0 Å². The summed E-state index contributed by atoms with van der Waals surface area (Å²) in [5, 5.41) is 12.0. The Morgan fingerprint density at radius 1 is 1.40 bits per heavy atom. The molecule has 0 spiro atoms. The quantitative estimate of drug-likeness (QED) is 0.882. The Morgan fingerprint density at radius 2 is 2.25 bits per heavy atom. The highest BCUT2D eigenvalue weighted by molar-refractivity contribution is 5.82. The Hall–Kier alpha value is -1.98. The number of furan rings is 1. The van der Waals surface area contributed by atoms with E-state index >= 15 is 0 Å². The Labute approximate surface area is 117 Å². The maximum atomic E-state index is 12.1. The third kappa shape index (κ3) is 3.76. The van der Waals surface area contributed by atoms with E-state index < -0.39 is 12.0 Å². The molecule has 110 valence electrons. The number of urea groups is 1. The molecule has 2 rings (SSSR count). The number of nitrogens with one attached hydrogen (secondary N) is 1. The van der Waals surface area contributed by atoms with Gasteiger partial charge < -0.3 is 19.7 Å². The van der Waals surface area contributed by atoms with Gasteiger partial charge in [0.25, 0.3) is 0 Å². The Bertz CT molecular complexity index is 444. The number of carboxylic acids is 1. The molecule has 2 amide bonds. The highest BCUT2D eigenvalue weighted by Crippen LogP contribution is 2.17. The number of rotatable bonds is 4. The third-order valence-corrected chi connectivity index (χ3v) is 3.53. The summed E-state index contributed by atoms with van der Waals surface area (Å²) in [4.78, 5) is 24.8. The highest BCUT2D eigenvalue weighted by atomic mass is 16.4. The van der Waals surface area contributed by atoms with Gasteiger partial charge >= 0.3 is 12.0 Å². The number of carbonyl (C=O) groups excluding carboxylic acids is 1. The molecule has 0 aliphatic carbocycles. The maximum Gasteiger partial charge on any atom is 0.326 e. The number of amides is 2. The summed E-state index contributed by atoms with van der Waals surface area (Å²) < 4.78 is 5.18. The third-order valence-electron chi connectivity index (χ3n) is 3.53. The normalized spacial score (nSPS) is 19.4. The second-order valence-corrected chi connectivity index (χ2v) is 4.96. The molecule has 1 aliphatic rings. The van der Waals surface area contributed by atoms with Crippen LogP contribution in [0.25, 0.3) is 0 Å². The molecule has 0 radical (unpaired) electrons. The van der Waals surface area contributed by atoms with Gasteiger partial charge in [-0.15, -0.1) is 0 Å². The molecule has 1 atom stereocenters. The van der Waals surface area contributed by atoms with Crippen LogP contribution in [0.2, 0.25) is 0 Å². The first-order valence-corrected chi connectivity index (χ1v) is 6.98. The lowest BCUT2D eigenvalue weighted by atomic mass is 10.1. The van der Waals surface area contributed by atoms with Crippen molar-refractivity contribution in [2.75, 3.05) is 13.1 Å². The first-order valence-electron chi connectivity index (χ1n) is 6.98. The molecule has 1 fully saturated rings. The van der Waals surface area contributed by atoms with Crippen LogP contribution >= 0.6 is 0 Å². The predicted octanol–water partition coefficient (Wildman–Crippen LogP) is 1.86. The van der Waals surface area contributed by atoms with E-state index in [2.05, 4.69) is 5.32 Å². The summed E-state index contributed by atoms with van der Waals surface area (Å²) in [7, 11) is 0. The Kier molecular flexibility index (Phi) is 5.03. The van der Waals surface area contributed by atoms with Crippen LogP contribution < -0.4 is 5.32 Å². The molecule has 0 saturated carbocycles. The molecule has 6 heteroatoms. The molecule has 6 nitrogen and oxygen atoms in total. The largest absolute Gasteiger partial charge is 0.480 e. The standard InChI is InChI=1S/C14H20N2O4/c17-13(18)12-6-2-1-3-9-16(12)14(19)15-8-7-11-5-4-10-20-11/h4-5,10,12H,1-3,6-9H2,(H,15,19)(H,17,18). The van der Waals surface area contributed by atoms with Crippen molar-refractivity contribution in [3.8, 4) is 0 Å². The molecule has 0 bridgehead atoms. The van der Waals surface area contributed by atoms with Crippen LogP contribution in [0, 0.1) is 0 Å². The number of nitrogens with zero attached hydrogens (tertiary/aromatic N) is 1. The van der Waals surface area contributed by atoms with Crippen molar-refractivity contribution in [2.24, 2.45) is 0 Å². The summed E-state index contributed by atoms with van der Waals surface area (Å²) in [6.45, 7) is 0.943. The molecule has 1 saturated heterocycles. The van der Waals surface area contributed by atoms with Gasteiger partial charge in [0.2, 0.25) is 0 Å². The number of likely N-dealkylation sites (tertiary alicyclic amines) is 1. The van der Waals surface area contributed by atoms with Crippen molar-refractivity contribution in [1.29, 1.82) is 0 Å². The maximum absolute atomic E-state index is 12.1. The molecule has 20 heavy (non-hydrogen) atoms. The van der Waals surface area contributed by atoms with Gasteiger partial charge in [-0.05, 0) is 25.0 Å². The van der Waals surface area contributed by atoms with Crippen molar-refractivity contribution in [3.05, 3.63) is 24.2 Å².